The fraction of sp³-hybridized carbons (Fsp3) is 0.188. The first-order valence-electron chi connectivity index (χ1n) is 6.74. The number of nitrogen functional groups attached to an aromatic ring is 1. The molecule has 0 fully saturated rings. The summed E-state index contributed by atoms with van der Waals surface area (Å²) in [5, 5.41) is 13.9. The van der Waals surface area contributed by atoms with Crippen molar-refractivity contribution in [3.8, 4) is 5.75 Å². The smallest absolute Gasteiger partial charge is 0.137 e. The summed E-state index contributed by atoms with van der Waals surface area (Å²) in [7, 11) is 1.66. The third kappa shape index (κ3) is 2.43. The van der Waals surface area contributed by atoms with E-state index in [0.29, 0.717) is 12.2 Å². The van der Waals surface area contributed by atoms with Crippen LogP contribution < -0.4 is 15.8 Å². The minimum absolute atomic E-state index is 0.0863. The van der Waals surface area contributed by atoms with Crippen LogP contribution in [0.1, 0.15) is 0 Å². The molecule has 0 spiro atoms. The quantitative estimate of drug-likeness (QED) is 0.506. The molecular weight excluding hydrogens is 266 g/mol. The minimum Gasteiger partial charge on any atom is -0.495 e. The highest BCUT2D eigenvalue weighted by Crippen LogP contribution is 2.34. The number of nitrogens with zero attached hydrogens (tertiary/aromatic N) is 1. The average molecular weight is 283 g/mol. The summed E-state index contributed by atoms with van der Waals surface area (Å²) in [5.41, 5.74) is 9.05. The molecule has 0 atom stereocenters. The second-order valence-electron chi connectivity index (χ2n) is 4.80. The van der Waals surface area contributed by atoms with Gasteiger partial charge < -0.3 is 20.9 Å². The van der Waals surface area contributed by atoms with Crippen LogP contribution in [0.15, 0.2) is 36.4 Å². The molecule has 2 aromatic carbocycles. The molecular formula is C16H17N3O2. The highest BCUT2D eigenvalue weighted by atomic mass is 16.5. The number of hydrogen-bond acceptors (Lipinski definition) is 5. The number of nitrogens with two attached hydrogens (primary N) is 1. The van der Waals surface area contributed by atoms with Crippen molar-refractivity contribution in [1.82, 2.24) is 4.98 Å². The van der Waals surface area contributed by atoms with Gasteiger partial charge in [0.05, 0.1) is 24.8 Å². The van der Waals surface area contributed by atoms with Crippen LogP contribution in [-0.4, -0.2) is 30.4 Å². The van der Waals surface area contributed by atoms with Gasteiger partial charge in [-0.15, -0.1) is 0 Å². The Morgan fingerprint density at radius 2 is 1.86 bits per heavy atom. The van der Waals surface area contributed by atoms with E-state index in [1.807, 2.05) is 36.4 Å². The Labute approximate surface area is 122 Å². The molecule has 0 aliphatic rings. The second kappa shape index (κ2) is 5.46. The summed E-state index contributed by atoms with van der Waals surface area (Å²) >= 11 is 0. The predicted molar refractivity (Wildman–Crippen MR) is 85.8 cm³/mol. The number of methoxy groups -OCH3 is 1. The summed E-state index contributed by atoms with van der Waals surface area (Å²) in [6.07, 6.45) is 0. The molecule has 0 aliphatic carbocycles. The number of nitrogens with one attached hydrogen (secondary N) is 1. The van der Waals surface area contributed by atoms with Crippen molar-refractivity contribution in [3.05, 3.63) is 36.4 Å². The van der Waals surface area contributed by atoms with E-state index in [2.05, 4.69) is 10.3 Å². The Morgan fingerprint density at radius 3 is 2.57 bits per heavy atom. The van der Waals surface area contributed by atoms with E-state index in [9.17, 15) is 0 Å². The number of aromatic nitrogens is 1. The van der Waals surface area contributed by atoms with Gasteiger partial charge in [0.15, 0.2) is 0 Å². The number of benzene rings is 2. The molecule has 21 heavy (non-hydrogen) atoms. The predicted octanol–water partition coefficient (Wildman–Crippen LogP) is 2.38. The molecule has 0 radical (unpaired) electrons. The van der Waals surface area contributed by atoms with Crippen molar-refractivity contribution in [3.63, 3.8) is 0 Å². The monoisotopic (exact) mass is 283 g/mol. The molecule has 0 unspecified atom stereocenters. The fourth-order valence-electron chi connectivity index (χ4n) is 2.45. The third-order valence-electron chi connectivity index (χ3n) is 3.39. The highest BCUT2D eigenvalue weighted by molar-refractivity contribution is 6.02. The lowest BCUT2D eigenvalue weighted by atomic mass is 10.1. The molecule has 0 saturated heterocycles. The summed E-state index contributed by atoms with van der Waals surface area (Å²) < 4.78 is 5.56. The van der Waals surface area contributed by atoms with E-state index < -0.39 is 0 Å². The van der Waals surface area contributed by atoms with Crippen molar-refractivity contribution >= 4 is 33.2 Å². The SMILES string of the molecule is COc1c2ccc(N)cc2nc2cc(NCCO)ccc12. The van der Waals surface area contributed by atoms with Gasteiger partial charge >= 0.3 is 0 Å². The van der Waals surface area contributed by atoms with Crippen molar-refractivity contribution in [1.29, 1.82) is 0 Å². The Morgan fingerprint density at radius 1 is 1.14 bits per heavy atom. The second-order valence-corrected chi connectivity index (χ2v) is 4.80. The van der Waals surface area contributed by atoms with Crippen LogP contribution in [0.3, 0.4) is 0 Å². The molecule has 3 rings (SSSR count). The van der Waals surface area contributed by atoms with Crippen LogP contribution in [-0.2, 0) is 0 Å². The lowest BCUT2D eigenvalue weighted by Gasteiger charge is -2.11. The summed E-state index contributed by atoms with van der Waals surface area (Å²) in [4.78, 5) is 4.65. The number of ether oxygens (including phenoxy) is 1. The standard InChI is InChI=1S/C16H17N3O2/c1-21-16-12-4-2-10(17)8-14(12)19-15-9-11(18-6-7-20)3-5-13(15)16/h2-5,8-9,18,20H,6-7,17H2,1H3. The van der Waals surface area contributed by atoms with Gasteiger partial charge in [0.25, 0.3) is 0 Å². The zero-order valence-corrected chi connectivity index (χ0v) is 11.8. The zero-order chi connectivity index (χ0) is 14.8. The number of pyridine rings is 1. The van der Waals surface area contributed by atoms with Crippen LogP contribution in [0.25, 0.3) is 21.8 Å². The Kier molecular flexibility index (Phi) is 3.50. The Hall–Kier alpha value is -2.53. The van der Waals surface area contributed by atoms with E-state index >= 15 is 0 Å². The molecule has 5 nitrogen and oxygen atoms in total. The average Bonchev–Trinajstić information content (AvgIpc) is 2.50. The van der Waals surface area contributed by atoms with Gasteiger partial charge in [0.1, 0.15) is 5.75 Å². The number of rotatable bonds is 4. The molecule has 108 valence electrons. The minimum atomic E-state index is 0.0863. The van der Waals surface area contributed by atoms with E-state index in [4.69, 9.17) is 15.6 Å². The molecule has 0 amide bonds. The van der Waals surface area contributed by atoms with Gasteiger partial charge in [-0.1, -0.05) is 0 Å². The van der Waals surface area contributed by atoms with E-state index in [1.165, 1.54) is 0 Å². The topological polar surface area (TPSA) is 80.4 Å². The number of hydrogen-bond donors (Lipinski definition) is 3. The molecule has 0 saturated carbocycles. The van der Waals surface area contributed by atoms with Crippen LogP contribution >= 0.6 is 0 Å². The Balaban J connectivity index is 2.24. The van der Waals surface area contributed by atoms with Gasteiger partial charge in [-0.2, -0.15) is 0 Å². The first-order valence-corrected chi connectivity index (χ1v) is 6.74. The zero-order valence-electron chi connectivity index (χ0n) is 11.8. The van der Waals surface area contributed by atoms with E-state index in [1.54, 1.807) is 7.11 Å². The maximum Gasteiger partial charge on any atom is 0.137 e. The maximum atomic E-state index is 8.88. The van der Waals surface area contributed by atoms with Crippen LogP contribution in [0.4, 0.5) is 11.4 Å². The molecule has 4 N–H and O–H groups in total. The maximum absolute atomic E-state index is 8.88. The largest absolute Gasteiger partial charge is 0.495 e. The van der Waals surface area contributed by atoms with Crippen molar-refractivity contribution in [2.45, 2.75) is 0 Å². The van der Waals surface area contributed by atoms with Gasteiger partial charge in [0.2, 0.25) is 0 Å². The lowest BCUT2D eigenvalue weighted by Crippen LogP contribution is -2.05. The van der Waals surface area contributed by atoms with E-state index in [-0.39, 0.29) is 6.61 Å². The lowest BCUT2D eigenvalue weighted by molar-refractivity contribution is 0.311. The Bertz CT molecular complexity index is 802. The van der Waals surface area contributed by atoms with Gasteiger partial charge in [-0.25, -0.2) is 4.98 Å². The number of aliphatic hydroxyl groups excluding tert-OH is 1. The van der Waals surface area contributed by atoms with Crippen LogP contribution in [0, 0.1) is 0 Å². The van der Waals surface area contributed by atoms with E-state index in [0.717, 1.165) is 33.2 Å². The first-order chi connectivity index (χ1) is 10.2. The summed E-state index contributed by atoms with van der Waals surface area (Å²) in [6, 6.07) is 11.5. The molecule has 3 aromatic rings. The first kappa shape index (κ1) is 13.5. The molecule has 0 aliphatic heterocycles. The molecule has 0 bridgehead atoms. The van der Waals surface area contributed by atoms with Crippen LogP contribution in [0.5, 0.6) is 5.75 Å². The third-order valence-corrected chi connectivity index (χ3v) is 3.39. The molecule has 5 heteroatoms. The van der Waals surface area contributed by atoms with Crippen LogP contribution in [0.2, 0.25) is 0 Å². The normalized spacial score (nSPS) is 11.0. The summed E-state index contributed by atoms with van der Waals surface area (Å²) in [6.45, 7) is 0.589. The van der Waals surface area contributed by atoms with Crippen molar-refractivity contribution in [2.24, 2.45) is 0 Å². The highest BCUT2D eigenvalue weighted by Gasteiger charge is 2.10. The van der Waals surface area contributed by atoms with Gasteiger partial charge in [-0.3, -0.25) is 0 Å². The molecule has 1 heterocycles. The number of aliphatic hydroxyl groups is 1. The number of anilines is 2. The van der Waals surface area contributed by atoms with Crippen molar-refractivity contribution in [2.75, 3.05) is 31.3 Å². The number of fused-ring (bicyclic) bond motifs is 2. The van der Waals surface area contributed by atoms with Gasteiger partial charge in [0, 0.05) is 28.7 Å². The van der Waals surface area contributed by atoms with Gasteiger partial charge in [-0.05, 0) is 36.4 Å². The van der Waals surface area contributed by atoms with Crippen molar-refractivity contribution < 1.29 is 9.84 Å². The fourth-order valence-corrected chi connectivity index (χ4v) is 2.45. The summed E-state index contributed by atoms with van der Waals surface area (Å²) in [5.74, 6) is 0.795. The molecule has 1 aromatic heterocycles.